The minimum Gasteiger partial charge on any atom is -0.455 e. The number of amides is 3. The van der Waals surface area contributed by atoms with E-state index in [2.05, 4.69) is 41.3 Å². The summed E-state index contributed by atoms with van der Waals surface area (Å²) in [6.45, 7) is 11.8. The lowest BCUT2D eigenvalue weighted by atomic mass is 9.70. The maximum absolute atomic E-state index is 14.4. The molecule has 48 heavy (non-hydrogen) atoms. The van der Waals surface area contributed by atoms with Gasteiger partial charge in [0.1, 0.15) is 17.7 Å². The molecule has 0 aromatic heterocycles. The minimum atomic E-state index is -1.31. The van der Waals surface area contributed by atoms with Crippen molar-refractivity contribution in [2.45, 2.75) is 93.1 Å². The van der Waals surface area contributed by atoms with Crippen LogP contribution in [0.3, 0.4) is 0 Å². The zero-order valence-electron chi connectivity index (χ0n) is 28.2. The standard InChI is InChI=1S/C36H50BrN3O8/c1-6-9-14-19-39(18-8-3)34(44)32-36-20-25(37)31(48-36)28(29(36)33(43)40(32)23(4)21-41)35(45)47-30(24-15-12-11-13-16-24)26(22-46-5)38-27(42)17-10-7-2/h7-8,11-13,15-16,23,25-26,28-32,41H,2-3,6,9-10,14,17-22H2,1,4-5H3,(H,38,42)/t23-,25?,26-,28-,29+,30-,31-,32-,36+/m1/s1. The highest BCUT2D eigenvalue weighted by Crippen LogP contribution is 2.61. The quantitative estimate of drug-likeness (QED) is 0.0953. The zero-order chi connectivity index (χ0) is 35.0. The summed E-state index contributed by atoms with van der Waals surface area (Å²) in [6, 6.07) is 6.58. The number of nitrogens with zero attached hydrogens (tertiary/aromatic N) is 2. The molecule has 3 saturated heterocycles. The van der Waals surface area contributed by atoms with E-state index < -0.39 is 59.6 Å². The average molecular weight is 733 g/mol. The van der Waals surface area contributed by atoms with Crippen LogP contribution in [0.5, 0.6) is 0 Å². The van der Waals surface area contributed by atoms with Gasteiger partial charge in [0, 0.05) is 31.4 Å². The first-order valence-corrected chi connectivity index (χ1v) is 17.8. The van der Waals surface area contributed by atoms with Crippen LogP contribution in [-0.4, -0.2) is 107 Å². The molecule has 1 aromatic carbocycles. The minimum absolute atomic E-state index is 0.0557. The number of hydrogen-bond donors (Lipinski definition) is 2. The number of methoxy groups -OCH3 is 1. The van der Waals surface area contributed by atoms with Gasteiger partial charge in [0.25, 0.3) is 0 Å². The summed E-state index contributed by atoms with van der Waals surface area (Å²) < 4.78 is 18.4. The summed E-state index contributed by atoms with van der Waals surface area (Å²) >= 11 is 3.71. The van der Waals surface area contributed by atoms with E-state index in [4.69, 9.17) is 14.2 Å². The summed E-state index contributed by atoms with van der Waals surface area (Å²) in [5.74, 6) is -3.68. The first kappa shape index (κ1) is 37.8. The van der Waals surface area contributed by atoms with Crippen molar-refractivity contribution in [3.05, 3.63) is 61.2 Å². The lowest BCUT2D eigenvalue weighted by Crippen LogP contribution is -2.58. The third-order valence-electron chi connectivity index (χ3n) is 9.67. The number of fused-ring (bicyclic) bond motifs is 1. The van der Waals surface area contributed by atoms with Crippen LogP contribution in [0.4, 0.5) is 0 Å². The second-order valence-corrected chi connectivity index (χ2v) is 14.1. The molecule has 0 saturated carbocycles. The molecule has 3 heterocycles. The summed E-state index contributed by atoms with van der Waals surface area (Å²) in [5.41, 5.74) is -0.670. The third-order valence-corrected chi connectivity index (χ3v) is 10.5. The van der Waals surface area contributed by atoms with Gasteiger partial charge in [0.2, 0.25) is 17.7 Å². The van der Waals surface area contributed by atoms with Gasteiger partial charge in [-0.25, -0.2) is 0 Å². The molecule has 3 fully saturated rings. The lowest BCUT2D eigenvalue weighted by molar-refractivity contribution is -0.163. The van der Waals surface area contributed by atoms with Crippen LogP contribution < -0.4 is 5.32 Å². The van der Waals surface area contributed by atoms with Crippen molar-refractivity contribution in [2.24, 2.45) is 11.8 Å². The molecule has 2 bridgehead atoms. The first-order chi connectivity index (χ1) is 23.1. The summed E-state index contributed by atoms with van der Waals surface area (Å²) in [7, 11) is 1.50. The number of benzene rings is 1. The number of esters is 1. The molecule has 3 aliphatic heterocycles. The van der Waals surface area contributed by atoms with Crippen LogP contribution in [0, 0.1) is 11.8 Å². The SMILES string of the molecule is C=CCCC(=O)N[C@H](COC)[C@H](OC(=O)[C@H]1[C@@H]2O[C@@]3(CC2Br)[C@@H]1C(=O)N([C@H](C)CO)[C@@H]3C(=O)N(CC=C)CCCCC)c1ccccc1. The van der Waals surface area contributed by atoms with E-state index >= 15 is 0 Å². The lowest BCUT2D eigenvalue weighted by Gasteiger charge is -2.38. The van der Waals surface area contributed by atoms with Crippen molar-refractivity contribution in [1.82, 2.24) is 15.1 Å². The molecule has 9 atom stereocenters. The number of nitrogens with one attached hydrogen (secondary N) is 1. The van der Waals surface area contributed by atoms with Crippen LogP contribution in [0.1, 0.15) is 64.0 Å². The van der Waals surface area contributed by atoms with E-state index in [9.17, 15) is 24.3 Å². The number of aliphatic hydroxyl groups excluding tert-OH is 1. The molecule has 2 N–H and O–H groups in total. The molecular weight excluding hydrogens is 682 g/mol. The average Bonchev–Trinajstić information content (AvgIpc) is 3.68. The normalized spacial score (nSPS) is 27.6. The number of alkyl halides is 1. The van der Waals surface area contributed by atoms with Crippen molar-refractivity contribution in [3.63, 3.8) is 0 Å². The predicted octanol–water partition coefficient (Wildman–Crippen LogP) is 3.70. The Balaban J connectivity index is 1.71. The Kier molecular flexibility index (Phi) is 13.4. The molecule has 1 unspecified atom stereocenters. The van der Waals surface area contributed by atoms with Crippen molar-refractivity contribution in [1.29, 1.82) is 0 Å². The zero-order valence-corrected chi connectivity index (χ0v) is 29.8. The fraction of sp³-hybridized carbons (Fsp3) is 0.611. The van der Waals surface area contributed by atoms with Gasteiger partial charge in [-0.2, -0.15) is 0 Å². The van der Waals surface area contributed by atoms with Gasteiger partial charge in [-0.3, -0.25) is 19.2 Å². The Morgan fingerprint density at radius 2 is 1.96 bits per heavy atom. The molecule has 3 aliphatic rings. The van der Waals surface area contributed by atoms with E-state index in [0.717, 1.165) is 19.3 Å². The fourth-order valence-corrected chi connectivity index (χ4v) is 8.42. The molecule has 4 rings (SSSR count). The topological polar surface area (TPSA) is 135 Å². The predicted molar refractivity (Wildman–Crippen MR) is 184 cm³/mol. The number of ether oxygens (including phenoxy) is 3. The van der Waals surface area contributed by atoms with Gasteiger partial charge in [-0.05, 0) is 31.7 Å². The number of carbonyl (C=O) groups excluding carboxylic acids is 4. The number of unbranched alkanes of at least 4 members (excludes halogenated alkanes) is 2. The maximum atomic E-state index is 14.4. The van der Waals surface area contributed by atoms with Crippen molar-refractivity contribution in [2.75, 3.05) is 33.4 Å². The van der Waals surface area contributed by atoms with E-state index in [1.807, 2.05) is 18.2 Å². The highest BCUT2D eigenvalue weighted by Gasteiger charge is 2.77. The largest absolute Gasteiger partial charge is 0.455 e. The van der Waals surface area contributed by atoms with Gasteiger partial charge in [0.15, 0.2) is 0 Å². The maximum Gasteiger partial charge on any atom is 0.313 e. The third kappa shape index (κ3) is 7.56. The number of halogens is 1. The number of aliphatic hydroxyl groups is 1. The Labute approximate surface area is 292 Å². The van der Waals surface area contributed by atoms with Crippen molar-refractivity contribution < 1.29 is 38.5 Å². The fourth-order valence-electron chi connectivity index (χ4n) is 7.48. The number of carbonyl (C=O) groups is 4. The second-order valence-electron chi connectivity index (χ2n) is 12.9. The van der Waals surface area contributed by atoms with Gasteiger partial charge in [0.05, 0.1) is 43.2 Å². The molecule has 3 amide bonds. The van der Waals surface area contributed by atoms with E-state index in [1.165, 1.54) is 12.0 Å². The molecular formula is C36H50BrN3O8. The van der Waals surface area contributed by atoms with Gasteiger partial charge < -0.3 is 34.4 Å². The van der Waals surface area contributed by atoms with Gasteiger partial charge >= 0.3 is 5.97 Å². The molecule has 1 spiro atoms. The van der Waals surface area contributed by atoms with Gasteiger partial charge in [-0.1, -0.05) is 78.2 Å². The van der Waals surface area contributed by atoms with Crippen LogP contribution >= 0.6 is 15.9 Å². The molecule has 1 aromatic rings. The molecule has 12 heteroatoms. The number of likely N-dealkylation sites (tertiary alicyclic amines) is 1. The molecule has 0 radical (unpaired) electrons. The van der Waals surface area contributed by atoms with Gasteiger partial charge in [-0.15, -0.1) is 13.2 Å². The summed E-state index contributed by atoms with van der Waals surface area (Å²) in [5, 5.41) is 13.2. The van der Waals surface area contributed by atoms with Crippen molar-refractivity contribution >= 4 is 39.6 Å². The Bertz CT molecular complexity index is 1310. The Morgan fingerprint density at radius 1 is 1.23 bits per heavy atom. The highest BCUT2D eigenvalue weighted by molar-refractivity contribution is 9.09. The van der Waals surface area contributed by atoms with Crippen LogP contribution in [0.15, 0.2) is 55.6 Å². The Hall–Kier alpha value is -3.06. The van der Waals surface area contributed by atoms with Crippen LogP contribution in [0.2, 0.25) is 0 Å². The van der Waals surface area contributed by atoms with Crippen LogP contribution in [-0.2, 0) is 33.4 Å². The number of hydrogen-bond acceptors (Lipinski definition) is 8. The highest BCUT2D eigenvalue weighted by atomic mass is 79.9. The molecule has 0 aliphatic carbocycles. The van der Waals surface area contributed by atoms with Crippen LogP contribution in [0.25, 0.3) is 0 Å². The van der Waals surface area contributed by atoms with E-state index in [0.29, 0.717) is 31.5 Å². The number of allylic oxidation sites excluding steroid dienone is 1. The van der Waals surface area contributed by atoms with E-state index in [1.54, 1.807) is 36.1 Å². The smallest absolute Gasteiger partial charge is 0.313 e. The Morgan fingerprint density at radius 3 is 2.58 bits per heavy atom. The number of rotatable bonds is 19. The second kappa shape index (κ2) is 17.0. The first-order valence-electron chi connectivity index (χ1n) is 16.9. The summed E-state index contributed by atoms with van der Waals surface area (Å²) in [4.78, 5) is 58.9. The monoisotopic (exact) mass is 731 g/mol. The molecule has 11 nitrogen and oxygen atoms in total. The van der Waals surface area contributed by atoms with E-state index in [-0.39, 0.29) is 36.3 Å². The summed E-state index contributed by atoms with van der Waals surface area (Å²) in [6.07, 6.45) is 5.34. The van der Waals surface area contributed by atoms with Crippen molar-refractivity contribution in [3.8, 4) is 0 Å². The molecule has 264 valence electrons.